The van der Waals surface area contributed by atoms with Crippen molar-refractivity contribution in [1.82, 2.24) is 9.59 Å². The van der Waals surface area contributed by atoms with Crippen LogP contribution in [0.1, 0.15) is 19.0 Å². The molecule has 1 atom stereocenters. The second-order valence-corrected chi connectivity index (χ2v) is 5.48. The maximum absolute atomic E-state index is 5.86. The van der Waals surface area contributed by atoms with Gasteiger partial charge >= 0.3 is 0 Å². The molecule has 1 rings (SSSR count). The van der Waals surface area contributed by atoms with E-state index in [1.807, 2.05) is 11.8 Å². The molecule has 3 nitrogen and oxygen atoms in total. The Balaban J connectivity index is 2.30. The molecule has 74 valence electrons. The number of rotatable bonds is 5. The van der Waals surface area contributed by atoms with Gasteiger partial charge in [0, 0.05) is 22.5 Å². The summed E-state index contributed by atoms with van der Waals surface area (Å²) in [7, 11) is 0. The first kappa shape index (κ1) is 11.2. The molecule has 1 unspecified atom stereocenters. The van der Waals surface area contributed by atoms with Crippen LogP contribution in [0.3, 0.4) is 0 Å². The molecule has 0 aliphatic carbocycles. The number of thioether (sulfide) groups is 1. The van der Waals surface area contributed by atoms with Crippen molar-refractivity contribution in [3.05, 3.63) is 10.0 Å². The van der Waals surface area contributed by atoms with Crippen LogP contribution in [0.15, 0.2) is 0 Å². The molecule has 0 spiro atoms. The minimum atomic E-state index is 0.558. The van der Waals surface area contributed by atoms with E-state index in [0.29, 0.717) is 9.59 Å². The third-order valence-electron chi connectivity index (χ3n) is 1.59. The number of hydrogen-bond acceptors (Lipinski definition) is 5. The highest BCUT2D eigenvalue weighted by atomic mass is 35.5. The zero-order valence-corrected chi connectivity index (χ0v) is 9.75. The Bertz CT molecular complexity index is 254. The van der Waals surface area contributed by atoms with Gasteiger partial charge in [0.25, 0.3) is 0 Å². The van der Waals surface area contributed by atoms with Crippen LogP contribution in [0.25, 0.3) is 0 Å². The predicted molar refractivity (Wildman–Crippen MR) is 59.3 cm³/mol. The van der Waals surface area contributed by atoms with Gasteiger partial charge in [-0.15, -0.1) is 5.10 Å². The van der Waals surface area contributed by atoms with Gasteiger partial charge < -0.3 is 5.73 Å². The highest BCUT2D eigenvalue weighted by Crippen LogP contribution is 2.24. The molecular weight excluding hydrogens is 226 g/mol. The van der Waals surface area contributed by atoms with Gasteiger partial charge in [0.05, 0.1) is 0 Å². The molecule has 0 bridgehead atoms. The second kappa shape index (κ2) is 5.80. The first-order valence-electron chi connectivity index (χ1n) is 4.02. The van der Waals surface area contributed by atoms with E-state index >= 15 is 0 Å². The van der Waals surface area contributed by atoms with Crippen molar-refractivity contribution < 1.29 is 0 Å². The Labute approximate surface area is 91.2 Å². The van der Waals surface area contributed by atoms with Crippen LogP contribution in [-0.4, -0.2) is 21.4 Å². The highest BCUT2D eigenvalue weighted by Gasteiger charge is 2.07. The average Bonchev–Trinajstić information content (AvgIpc) is 2.48. The van der Waals surface area contributed by atoms with Gasteiger partial charge in [-0.1, -0.05) is 23.0 Å². The van der Waals surface area contributed by atoms with E-state index in [1.54, 1.807) is 0 Å². The fourth-order valence-corrected chi connectivity index (χ4v) is 2.57. The van der Waals surface area contributed by atoms with Crippen LogP contribution >= 0.6 is 34.9 Å². The quantitative estimate of drug-likeness (QED) is 0.853. The molecule has 0 amide bonds. The number of nitrogens with two attached hydrogens (primary N) is 1. The van der Waals surface area contributed by atoms with Gasteiger partial charge in [-0.05, 0) is 13.0 Å². The van der Waals surface area contributed by atoms with Crippen LogP contribution in [0, 0.1) is 0 Å². The summed E-state index contributed by atoms with van der Waals surface area (Å²) in [6.45, 7) is 2.89. The van der Waals surface area contributed by atoms with Crippen molar-refractivity contribution in [2.45, 2.75) is 24.3 Å². The van der Waals surface area contributed by atoms with Crippen molar-refractivity contribution in [3.8, 4) is 0 Å². The van der Waals surface area contributed by atoms with Crippen molar-refractivity contribution in [1.29, 1.82) is 0 Å². The molecule has 0 aliphatic rings. The molecule has 2 N–H and O–H groups in total. The van der Waals surface area contributed by atoms with Crippen LogP contribution in [0.4, 0.5) is 0 Å². The lowest BCUT2D eigenvalue weighted by atomic mass is 10.3. The molecule has 0 aliphatic heterocycles. The standard InChI is InChI=1S/C7H12ClN3S2/c1-5(2-3-9)12-4-6-7(8)13-11-10-6/h5H,2-4,9H2,1H3. The van der Waals surface area contributed by atoms with Gasteiger partial charge in [-0.3, -0.25) is 0 Å². The van der Waals surface area contributed by atoms with Gasteiger partial charge in [-0.25, -0.2) is 0 Å². The van der Waals surface area contributed by atoms with Crippen LogP contribution in [-0.2, 0) is 5.75 Å². The van der Waals surface area contributed by atoms with Crippen LogP contribution < -0.4 is 5.73 Å². The van der Waals surface area contributed by atoms with Gasteiger partial charge in [-0.2, -0.15) is 11.8 Å². The van der Waals surface area contributed by atoms with Crippen molar-refractivity contribution in [2.75, 3.05) is 6.54 Å². The summed E-state index contributed by atoms with van der Waals surface area (Å²) in [5.74, 6) is 0.830. The third kappa shape index (κ3) is 3.81. The van der Waals surface area contributed by atoms with E-state index in [9.17, 15) is 0 Å². The van der Waals surface area contributed by atoms with E-state index in [1.165, 1.54) is 11.5 Å². The summed E-state index contributed by atoms with van der Waals surface area (Å²) >= 11 is 8.90. The maximum atomic E-state index is 5.86. The average molecular weight is 238 g/mol. The van der Waals surface area contributed by atoms with E-state index in [-0.39, 0.29) is 0 Å². The summed E-state index contributed by atoms with van der Waals surface area (Å²) in [6, 6.07) is 0. The van der Waals surface area contributed by atoms with E-state index < -0.39 is 0 Å². The van der Waals surface area contributed by atoms with E-state index in [0.717, 1.165) is 24.4 Å². The Morgan fingerprint density at radius 3 is 3.00 bits per heavy atom. The Hall–Kier alpha value is 0.160. The molecule has 0 fully saturated rings. The van der Waals surface area contributed by atoms with Crippen molar-refractivity contribution >= 4 is 34.9 Å². The normalized spacial score (nSPS) is 13.2. The zero-order chi connectivity index (χ0) is 9.68. The van der Waals surface area contributed by atoms with Gasteiger partial charge in [0.2, 0.25) is 0 Å². The number of halogens is 1. The summed E-state index contributed by atoms with van der Waals surface area (Å²) in [5, 5.41) is 4.49. The lowest BCUT2D eigenvalue weighted by Crippen LogP contribution is -2.07. The Kier molecular flexibility index (Phi) is 5.01. The van der Waals surface area contributed by atoms with Crippen LogP contribution in [0.5, 0.6) is 0 Å². The van der Waals surface area contributed by atoms with E-state index in [2.05, 4.69) is 16.5 Å². The molecule has 1 heterocycles. The second-order valence-electron chi connectivity index (χ2n) is 2.69. The summed E-state index contributed by atoms with van der Waals surface area (Å²) in [5.41, 5.74) is 6.33. The predicted octanol–water partition coefficient (Wildman–Crippen LogP) is 2.16. The third-order valence-corrected chi connectivity index (χ3v) is 3.82. The van der Waals surface area contributed by atoms with Gasteiger partial charge in [0.15, 0.2) is 0 Å². The number of hydrogen-bond donors (Lipinski definition) is 1. The molecule has 0 saturated heterocycles. The topological polar surface area (TPSA) is 51.8 Å². The maximum Gasteiger partial charge on any atom is 0.138 e. The Morgan fingerprint density at radius 2 is 2.46 bits per heavy atom. The lowest BCUT2D eigenvalue weighted by molar-refractivity contribution is 0.822. The Morgan fingerprint density at radius 1 is 1.69 bits per heavy atom. The molecule has 1 aromatic rings. The minimum absolute atomic E-state index is 0.558. The first-order valence-corrected chi connectivity index (χ1v) is 6.22. The summed E-state index contributed by atoms with van der Waals surface area (Å²) in [4.78, 5) is 0. The van der Waals surface area contributed by atoms with Crippen molar-refractivity contribution in [3.63, 3.8) is 0 Å². The minimum Gasteiger partial charge on any atom is -0.330 e. The SMILES string of the molecule is CC(CCN)SCc1nnsc1Cl. The number of aromatic nitrogens is 2. The molecule has 1 aromatic heterocycles. The largest absolute Gasteiger partial charge is 0.330 e. The molecule has 0 saturated carbocycles. The number of nitrogens with zero attached hydrogens (tertiary/aromatic N) is 2. The molecule has 13 heavy (non-hydrogen) atoms. The fraction of sp³-hybridized carbons (Fsp3) is 0.714. The van der Waals surface area contributed by atoms with Crippen LogP contribution in [0.2, 0.25) is 4.34 Å². The smallest absolute Gasteiger partial charge is 0.138 e. The molecule has 0 aromatic carbocycles. The molecule has 6 heteroatoms. The van der Waals surface area contributed by atoms with Gasteiger partial charge in [0.1, 0.15) is 10.0 Å². The fourth-order valence-electron chi connectivity index (χ4n) is 0.822. The zero-order valence-electron chi connectivity index (χ0n) is 7.36. The van der Waals surface area contributed by atoms with Crippen molar-refractivity contribution in [2.24, 2.45) is 5.73 Å². The summed E-state index contributed by atoms with van der Waals surface area (Å²) in [6.07, 6.45) is 1.03. The van der Waals surface area contributed by atoms with E-state index in [4.69, 9.17) is 17.3 Å². The first-order chi connectivity index (χ1) is 6.24. The lowest BCUT2D eigenvalue weighted by Gasteiger charge is -2.07. The summed E-state index contributed by atoms with van der Waals surface area (Å²) < 4.78 is 4.47. The molecular formula is C7H12ClN3S2. The molecule has 0 radical (unpaired) electrons. The highest BCUT2D eigenvalue weighted by molar-refractivity contribution is 7.99. The monoisotopic (exact) mass is 237 g/mol.